The molecule has 1 aromatic heterocycles. The number of hydrogen-bond acceptors (Lipinski definition) is 4. The van der Waals surface area contributed by atoms with Crippen LogP contribution in [0.1, 0.15) is 19.8 Å². The third-order valence-electron chi connectivity index (χ3n) is 3.60. The van der Waals surface area contributed by atoms with E-state index in [4.69, 9.17) is 0 Å². The topological polar surface area (TPSA) is 50.2 Å². The molecule has 2 rings (SSSR count). The Labute approximate surface area is 108 Å². The first kappa shape index (κ1) is 13.1. The monoisotopic (exact) mass is 250 g/mol. The van der Waals surface area contributed by atoms with Crippen molar-refractivity contribution in [2.45, 2.75) is 19.8 Å². The fourth-order valence-electron chi connectivity index (χ4n) is 2.40. The Morgan fingerprint density at radius 3 is 2.83 bits per heavy atom. The average Bonchev–Trinajstić information content (AvgIpc) is 2.40. The maximum atomic E-state index is 12.0. The van der Waals surface area contributed by atoms with Gasteiger partial charge in [-0.15, -0.1) is 0 Å². The molecule has 5 nitrogen and oxygen atoms in total. The van der Waals surface area contributed by atoms with Gasteiger partial charge in [-0.25, -0.2) is 4.98 Å². The number of rotatable bonds is 4. The highest BCUT2D eigenvalue weighted by atomic mass is 16.1. The molecule has 0 aromatic carbocycles. The summed E-state index contributed by atoms with van der Waals surface area (Å²) in [5, 5.41) is 3.39. The second kappa shape index (κ2) is 6.00. The van der Waals surface area contributed by atoms with Gasteiger partial charge in [0.25, 0.3) is 5.56 Å². The second-order valence-corrected chi connectivity index (χ2v) is 4.91. The third kappa shape index (κ3) is 2.90. The molecular weight excluding hydrogens is 228 g/mol. The molecule has 0 amide bonds. The highest BCUT2D eigenvalue weighted by Gasteiger charge is 2.21. The van der Waals surface area contributed by atoms with E-state index in [1.54, 1.807) is 24.0 Å². The van der Waals surface area contributed by atoms with Crippen LogP contribution in [0, 0.1) is 5.92 Å². The Morgan fingerprint density at radius 2 is 2.17 bits per heavy atom. The van der Waals surface area contributed by atoms with Crippen LogP contribution in [-0.2, 0) is 7.05 Å². The summed E-state index contributed by atoms with van der Waals surface area (Å²) < 4.78 is 1.59. The van der Waals surface area contributed by atoms with Gasteiger partial charge in [0.15, 0.2) is 5.82 Å². The van der Waals surface area contributed by atoms with E-state index < -0.39 is 0 Å². The summed E-state index contributed by atoms with van der Waals surface area (Å²) in [6, 6.07) is 0. The van der Waals surface area contributed by atoms with Gasteiger partial charge >= 0.3 is 0 Å². The molecule has 1 aromatic rings. The van der Waals surface area contributed by atoms with Crippen LogP contribution in [0.15, 0.2) is 17.2 Å². The summed E-state index contributed by atoms with van der Waals surface area (Å²) in [6.07, 6.45) is 5.66. The highest BCUT2D eigenvalue weighted by Crippen LogP contribution is 2.18. The first-order chi connectivity index (χ1) is 8.72. The first-order valence-corrected chi connectivity index (χ1v) is 6.69. The molecule has 18 heavy (non-hydrogen) atoms. The molecule has 0 radical (unpaired) electrons. The van der Waals surface area contributed by atoms with E-state index in [0.29, 0.717) is 5.82 Å². The van der Waals surface area contributed by atoms with Crippen molar-refractivity contribution in [3.63, 3.8) is 0 Å². The van der Waals surface area contributed by atoms with Crippen LogP contribution < -0.4 is 15.8 Å². The van der Waals surface area contributed by atoms with Crippen molar-refractivity contribution in [3.8, 4) is 0 Å². The van der Waals surface area contributed by atoms with Crippen molar-refractivity contribution in [3.05, 3.63) is 22.7 Å². The predicted octanol–water partition coefficient (Wildman–Crippen LogP) is 0.606. The van der Waals surface area contributed by atoms with Crippen LogP contribution in [-0.4, -0.2) is 35.7 Å². The Bertz CT molecular complexity index is 435. The van der Waals surface area contributed by atoms with E-state index in [1.807, 2.05) is 0 Å². The third-order valence-corrected chi connectivity index (χ3v) is 3.60. The lowest BCUT2D eigenvalue weighted by Gasteiger charge is -2.32. The van der Waals surface area contributed by atoms with E-state index in [-0.39, 0.29) is 5.56 Å². The van der Waals surface area contributed by atoms with Gasteiger partial charge in [-0.3, -0.25) is 4.79 Å². The number of aromatic nitrogens is 2. The highest BCUT2D eigenvalue weighted by molar-refractivity contribution is 5.35. The van der Waals surface area contributed by atoms with E-state index in [2.05, 4.69) is 22.1 Å². The van der Waals surface area contributed by atoms with Gasteiger partial charge < -0.3 is 14.8 Å². The smallest absolute Gasteiger partial charge is 0.293 e. The van der Waals surface area contributed by atoms with Crippen LogP contribution in [0.5, 0.6) is 0 Å². The molecule has 0 atom stereocenters. The van der Waals surface area contributed by atoms with Crippen molar-refractivity contribution in [2.75, 3.05) is 31.1 Å². The normalized spacial score (nSPS) is 17.1. The lowest BCUT2D eigenvalue weighted by Crippen LogP contribution is -2.40. The minimum Gasteiger partial charge on any atom is -0.352 e. The van der Waals surface area contributed by atoms with Gasteiger partial charge in [0.1, 0.15) is 0 Å². The maximum Gasteiger partial charge on any atom is 0.293 e. The van der Waals surface area contributed by atoms with Crippen molar-refractivity contribution in [1.29, 1.82) is 0 Å². The summed E-state index contributed by atoms with van der Waals surface area (Å²) in [4.78, 5) is 18.3. The first-order valence-electron chi connectivity index (χ1n) is 6.69. The number of hydrogen-bond donors (Lipinski definition) is 1. The van der Waals surface area contributed by atoms with Crippen molar-refractivity contribution in [2.24, 2.45) is 13.0 Å². The van der Waals surface area contributed by atoms with Gasteiger partial charge in [-0.1, -0.05) is 6.92 Å². The van der Waals surface area contributed by atoms with Crippen molar-refractivity contribution < 1.29 is 0 Å². The Kier molecular flexibility index (Phi) is 4.36. The Balaban J connectivity index is 1.97. The van der Waals surface area contributed by atoms with Crippen LogP contribution in [0.25, 0.3) is 0 Å². The molecule has 1 aliphatic heterocycles. The second-order valence-electron chi connectivity index (χ2n) is 4.91. The molecule has 1 aliphatic rings. The van der Waals surface area contributed by atoms with E-state index >= 15 is 0 Å². The summed E-state index contributed by atoms with van der Waals surface area (Å²) >= 11 is 0. The molecule has 0 aliphatic carbocycles. The summed E-state index contributed by atoms with van der Waals surface area (Å²) in [7, 11) is 1.77. The van der Waals surface area contributed by atoms with Crippen LogP contribution in [0.3, 0.4) is 0 Å². The zero-order chi connectivity index (χ0) is 13.0. The molecule has 0 unspecified atom stereocenters. The summed E-state index contributed by atoms with van der Waals surface area (Å²) in [5.74, 6) is 1.33. The number of piperidine rings is 1. The fraction of sp³-hybridized carbons (Fsp3) is 0.692. The molecule has 2 heterocycles. The zero-order valence-electron chi connectivity index (χ0n) is 11.2. The number of aryl methyl sites for hydroxylation is 1. The van der Waals surface area contributed by atoms with E-state index in [9.17, 15) is 4.79 Å². The Morgan fingerprint density at radius 1 is 1.44 bits per heavy atom. The Hall–Kier alpha value is -1.36. The molecule has 0 saturated carbocycles. The molecule has 0 spiro atoms. The molecule has 100 valence electrons. The molecule has 0 bridgehead atoms. The minimum atomic E-state index is 0.00244. The number of nitrogens with one attached hydrogen (secondary N) is 1. The lowest BCUT2D eigenvalue weighted by molar-refractivity contribution is 0.384. The molecular formula is C13H22N4O. The van der Waals surface area contributed by atoms with E-state index in [1.165, 1.54) is 0 Å². The molecule has 1 N–H and O–H groups in total. The number of anilines is 1. The SMILES string of the molecule is CCNCC1CCN(c2nccn(C)c2=O)CC1. The van der Waals surface area contributed by atoms with Crippen molar-refractivity contribution >= 4 is 5.82 Å². The van der Waals surface area contributed by atoms with Crippen LogP contribution in [0.2, 0.25) is 0 Å². The number of nitrogens with zero attached hydrogens (tertiary/aromatic N) is 3. The van der Waals surface area contributed by atoms with Gasteiger partial charge in [-0.05, 0) is 31.8 Å². The molecule has 1 saturated heterocycles. The van der Waals surface area contributed by atoms with E-state index in [0.717, 1.165) is 44.9 Å². The van der Waals surface area contributed by atoms with Gasteiger partial charge in [-0.2, -0.15) is 0 Å². The largest absolute Gasteiger partial charge is 0.352 e. The lowest BCUT2D eigenvalue weighted by atomic mass is 9.97. The van der Waals surface area contributed by atoms with Gasteiger partial charge in [0, 0.05) is 32.5 Å². The van der Waals surface area contributed by atoms with Crippen molar-refractivity contribution in [1.82, 2.24) is 14.9 Å². The summed E-state index contributed by atoms with van der Waals surface area (Å²) in [6.45, 7) is 6.11. The standard InChI is InChI=1S/C13H22N4O/c1-3-14-10-11-4-7-17(8-5-11)12-13(18)16(2)9-6-15-12/h6,9,11,14H,3-5,7-8,10H2,1-2H3. The molecule has 1 fully saturated rings. The minimum absolute atomic E-state index is 0.00244. The quantitative estimate of drug-likeness (QED) is 0.850. The van der Waals surface area contributed by atoms with Gasteiger partial charge in [0.05, 0.1) is 0 Å². The van der Waals surface area contributed by atoms with Crippen LogP contribution in [0.4, 0.5) is 5.82 Å². The maximum absolute atomic E-state index is 12.0. The van der Waals surface area contributed by atoms with Crippen LogP contribution >= 0.6 is 0 Å². The fourth-order valence-corrected chi connectivity index (χ4v) is 2.40. The zero-order valence-corrected chi connectivity index (χ0v) is 11.2. The molecule has 5 heteroatoms. The average molecular weight is 250 g/mol. The van der Waals surface area contributed by atoms with Gasteiger partial charge in [0.2, 0.25) is 0 Å². The summed E-state index contributed by atoms with van der Waals surface area (Å²) in [5.41, 5.74) is 0.00244. The predicted molar refractivity (Wildman–Crippen MR) is 73.0 cm³/mol.